The first-order valence-electron chi connectivity index (χ1n) is 11.8. The average molecular weight is 465 g/mol. The number of methoxy groups -OCH3 is 1. The summed E-state index contributed by atoms with van der Waals surface area (Å²) < 4.78 is 13.3. The highest BCUT2D eigenvalue weighted by Crippen LogP contribution is 2.35. The van der Waals surface area contributed by atoms with Crippen LogP contribution in [0.2, 0.25) is 0 Å². The number of likely N-dealkylation sites (N-methyl/N-ethyl adjacent to an activating group) is 1. The van der Waals surface area contributed by atoms with Crippen LogP contribution in [0.1, 0.15) is 38.4 Å². The molecule has 0 bridgehead atoms. The predicted molar refractivity (Wildman–Crippen MR) is 139 cm³/mol. The predicted octanol–water partition coefficient (Wildman–Crippen LogP) is 5.70. The lowest BCUT2D eigenvalue weighted by molar-refractivity contribution is 0.0210. The fourth-order valence-corrected chi connectivity index (χ4v) is 4.79. The number of anilines is 3. The van der Waals surface area contributed by atoms with Crippen molar-refractivity contribution in [2.45, 2.75) is 51.7 Å². The van der Waals surface area contributed by atoms with Crippen molar-refractivity contribution in [1.29, 1.82) is 0 Å². The molecule has 34 heavy (non-hydrogen) atoms. The van der Waals surface area contributed by atoms with Gasteiger partial charge >= 0.3 is 6.09 Å². The molecular weight excluding hydrogens is 428 g/mol. The minimum atomic E-state index is -0.494. The summed E-state index contributed by atoms with van der Waals surface area (Å²) in [5.74, 6) is 0.810. The van der Waals surface area contributed by atoms with E-state index in [-0.39, 0.29) is 12.1 Å². The maximum atomic E-state index is 12.6. The molecule has 1 unspecified atom stereocenters. The maximum absolute atomic E-state index is 12.6. The molecule has 1 aliphatic carbocycles. The third-order valence-electron chi connectivity index (χ3n) is 6.58. The van der Waals surface area contributed by atoms with Crippen LogP contribution < -0.4 is 15.4 Å². The number of nitrogens with one attached hydrogen (secondary N) is 2. The Balaban J connectivity index is 1.58. The molecule has 0 radical (unpaired) electrons. The molecule has 1 aliphatic rings. The van der Waals surface area contributed by atoms with Gasteiger partial charge in [0, 0.05) is 49.6 Å². The first kappa shape index (κ1) is 23.8. The fraction of sp³-hybridized carbons (Fsp3) is 0.444. The minimum absolute atomic E-state index is 0.130. The van der Waals surface area contributed by atoms with Crippen molar-refractivity contribution >= 4 is 34.1 Å². The van der Waals surface area contributed by atoms with E-state index >= 15 is 0 Å². The third kappa shape index (κ3) is 4.65. The molecule has 1 amide bonds. The van der Waals surface area contributed by atoms with E-state index in [1.54, 1.807) is 12.0 Å². The van der Waals surface area contributed by atoms with Crippen molar-refractivity contribution < 1.29 is 14.3 Å². The molecule has 7 heteroatoms. The normalized spacial score (nSPS) is 15.6. The first-order valence-corrected chi connectivity index (χ1v) is 11.8. The van der Waals surface area contributed by atoms with Crippen LogP contribution in [0.15, 0.2) is 36.4 Å². The standard InChI is InChI=1S/C27H36N4O3/c1-27(2,3)34-26(32)30(5)19-10-12-23-21(16-19)20-11-8-18(15-24(20)31(23)6)29-17-9-13-25(33-7)22(14-17)28-4/h8-9,11,13-15,19,28-29H,10,12,16H2,1-7H3. The van der Waals surface area contributed by atoms with Crippen LogP contribution in [-0.2, 0) is 24.6 Å². The number of carbonyl (C=O) groups is 1. The average Bonchev–Trinajstić information content (AvgIpc) is 3.08. The van der Waals surface area contributed by atoms with Crippen molar-refractivity contribution in [3.63, 3.8) is 0 Å². The van der Waals surface area contributed by atoms with Crippen LogP contribution in [0.25, 0.3) is 10.9 Å². The van der Waals surface area contributed by atoms with Gasteiger partial charge < -0.3 is 29.6 Å². The molecule has 182 valence electrons. The highest BCUT2D eigenvalue weighted by atomic mass is 16.6. The molecule has 1 atom stereocenters. The number of carbonyl (C=O) groups excluding carboxylic acids is 1. The molecule has 1 aromatic heterocycles. The number of hydrogen-bond acceptors (Lipinski definition) is 5. The second kappa shape index (κ2) is 9.12. The second-order valence-corrected chi connectivity index (χ2v) is 9.99. The number of benzene rings is 2. The molecule has 0 saturated heterocycles. The zero-order valence-electron chi connectivity index (χ0n) is 21.3. The molecule has 3 aromatic rings. The maximum Gasteiger partial charge on any atom is 0.410 e. The van der Waals surface area contributed by atoms with Crippen LogP contribution in [0.5, 0.6) is 5.75 Å². The van der Waals surface area contributed by atoms with Gasteiger partial charge in [0.2, 0.25) is 0 Å². The monoisotopic (exact) mass is 464 g/mol. The zero-order valence-corrected chi connectivity index (χ0v) is 21.3. The summed E-state index contributed by atoms with van der Waals surface area (Å²) in [4.78, 5) is 14.4. The number of aromatic nitrogens is 1. The van der Waals surface area contributed by atoms with E-state index in [2.05, 4.69) is 40.4 Å². The summed E-state index contributed by atoms with van der Waals surface area (Å²) in [5.41, 5.74) is 6.33. The molecule has 0 aliphatic heterocycles. The SMILES string of the molecule is CNc1cc(Nc2ccc3c4c(n(C)c3c2)CCC(N(C)C(=O)OC(C)(C)C)C4)ccc1OC. The number of fused-ring (bicyclic) bond motifs is 3. The molecule has 0 fully saturated rings. The molecule has 1 heterocycles. The summed E-state index contributed by atoms with van der Waals surface area (Å²) in [7, 11) is 7.54. The van der Waals surface area contributed by atoms with Gasteiger partial charge in [-0.2, -0.15) is 0 Å². The fourth-order valence-electron chi connectivity index (χ4n) is 4.79. The highest BCUT2D eigenvalue weighted by molar-refractivity contribution is 5.89. The Morgan fingerprint density at radius 2 is 1.85 bits per heavy atom. The molecule has 2 aromatic carbocycles. The van der Waals surface area contributed by atoms with Gasteiger partial charge in [-0.15, -0.1) is 0 Å². The van der Waals surface area contributed by atoms with Gasteiger partial charge in [-0.1, -0.05) is 6.07 Å². The van der Waals surface area contributed by atoms with Gasteiger partial charge in [0.1, 0.15) is 11.4 Å². The van der Waals surface area contributed by atoms with E-state index < -0.39 is 5.60 Å². The third-order valence-corrected chi connectivity index (χ3v) is 6.58. The lowest BCUT2D eigenvalue weighted by Crippen LogP contribution is -2.43. The molecule has 0 saturated carbocycles. The molecular formula is C27H36N4O3. The van der Waals surface area contributed by atoms with Crippen LogP contribution in [0, 0.1) is 0 Å². The molecule has 7 nitrogen and oxygen atoms in total. The Bertz CT molecular complexity index is 1210. The van der Waals surface area contributed by atoms with Gasteiger partial charge in [-0.25, -0.2) is 4.79 Å². The number of ether oxygens (including phenoxy) is 2. The van der Waals surface area contributed by atoms with E-state index in [9.17, 15) is 4.79 Å². The quantitative estimate of drug-likeness (QED) is 0.507. The number of rotatable bonds is 5. The number of amides is 1. The summed E-state index contributed by atoms with van der Waals surface area (Å²) in [6.45, 7) is 5.71. The van der Waals surface area contributed by atoms with Gasteiger partial charge in [0.25, 0.3) is 0 Å². The summed E-state index contributed by atoms with van der Waals surface area (Å²) in [6, 6.07) is 12.6. The van der Waals surface area contributed by atoms with E-state index in [4.69, 9.17) is 9.47 Å². The van der Waals surface area contributed by atoms with Crippen molar-refractivity contribution in [2.75, 3.05) is 31.8 Å². The first-order chi connectivity index (χ1) is 16.1. The summed E-state index contributed by atoms with van der Waals surface area (Å²) in [5, 5.41) is 7.93. The molecule has 4 rings (SSSR count). The second-order valence-electron chi connectivity index (χ2n) is 9.99. The van der Waals surface area contributed by atoms with Gasteiger partial charge in [-0.3, -0.25) is 0 Å². The van der Waals surface area contributed by atoms with Crippen LogP contribution in [-0.4, -0.2) is 48.4 Å². The number of nitrogens with zero attached hydrogens (tertiary/aromatic N) is 2. The van der Waals surface area contributed by atoms with Crippen molar-refractivity contribution in [3.05, 3.63) is 47.7 Å². The van der Waals surface area contributed by atoms with Crippen LogP contribution in [0.3, 0.4) is 0 Å². The lowest BCUT2D eigenvalue weighted by atomic mass is 9.90. The van der Waals surface area contributed by atoms with Crippen molar-refractivity contribution in [1.82, 2.24) is 9.47 Å². The lowest BCUT2D eigenvalue weighted by Gasteiger charge is -2.33. The topological polar surface area (TPSA) is 67.8 Å². The Morgan fingerprint density at radius 1 is 1.15 bits per heavy atom. The Morgan fingerprint density at radius 3 is 2.53 bits per heavy atom. The van der Waals surface area contributed by atoms with Gasteiger partial charge in [0.05, 0.1) is 18.3 Å². The Hall–Kier alpha value is -3.35. The smallest absolute Gasteiger partial charge is 0.410 e. The minimum Gasteiger partial charge on any atom is -0.495 e. The number of aryl methyl sites for hydroxylation is 1. The largest absolute Gasteiger partial charge is 0.495 e. The highest BCUT2D eigenvalue weighted by Gasteiger charge is 2.31. The Labute approximate surface area is 202 Å². The molecule has 0 spiro atoms. The van der Waals surface area contributed by atoms with E-state index in [1.165, 1.54) is 22.2 Å². The summed E-state index contributed by atoms with van der Waals surface area (Å²) >= 11 is 0. The van der Waals surface area contributed by atoms with Crippen LogP contribution >= 0.6 is 0 Å². The van der Waals surface area contributed by atoms with Gasteiger partial charge in [-0.05, 0) is 75.9 Å². The Kier molecular flexibility index (Phi) is 6.39. The van der Waals surface area contributed by atoms with E-state index in [1.807, 2.05) is 53.1 Å². The van der Waals surface area contributed by atoms with E-state index in [0.29, 0.717) is 0 Å². The summed E-state index contributed by atoms with van der Waals surface area (Å²) in [6.07, 6.45) is 2.44. The van der Waals surface area contributed by atoms with Crippen molar-refractivity contribution in [2.24, 2.45) is 7.05 Å². The van der Waals surface area contributed by atoms with E-state index in [0.717, 1.165) is 42.1 Å². The van der Waals surface area contributed by atoms with Crippen LogP contribution in [0.4, 0.5) is 21.9 Å². The van der Waals surface area contributed by atoms with Gasteiger partial charge in [0.15, 0.2) is 0 Å². The number of hydrogen-bond donors (Lipinski definition) is 2. The molecule has 2 N–H and O–H groups in total. The zero-order chi connectivity index (χ0) is 24.6. The van der Waals surface area contributed by atoms with Crippen molar-refractivity contribution in [3.8, 4) is 5.75 Å².